The Hall–Kier alpha value is -2.24. The lowest BCUT2D eigenvalue weighted by molar-refractivity contribution is -0.136. The number of aryl methyl sites for hydroxylation is 1. The number of halogens is 1. The molecule has 0 aromatic heterocycles. The van der Waals surface area contributed by atoms with Gasteiger partial charge in [0.2, 0.25) is 5.70 Å². The molecule has 0 aliphatic heterocycles. The molecule has 0 atom stereocenters. The van der Waals surface area contributed by atoms with Crippen LogP contribution in [0.2, 0.25) is 0 Å². The molecule has 0 fully saturated rings. The third-order valence-corrected chi connectivity index (χ3v) is 2.35. The fraction of sp³-hybridized carbons (Fsp3) is 0.308. The smallest absolute Gasteiger partial charge is 0.362 e. The molecule has 0 aliphatic carbocycles. The number of carbonyl (C=O) groups excluding carboxylic acids is 1. The number of rotatable bonds is 4. The highest BCUT2D eigenvalue weighted by molar-refractivity contribution is 5.88. The molecule has 0 saturated heterocycles. The Balaban J connectivity index is 3.09. The third-order valence-electron chi connectivity index (χ3n) is 2.35. The molecule has 0 bridgehead atoms. The van der Waals surface area contributed by atoms with Gasteiger partial charge in [0.05, 0.1) is 7.11 Å². The molecule has 1 aromatic carbocycles. The number of carbonyl (C=O) groups is 1. The highest BCUT2D eigenvalue weighted by atomic mass is 19.1. The molecule has 0 heterocycles. The van der Waals surface area contributed by atoms with Crippen molar-refractivity contribution in [3.8, 4) is 0 Å². The van der Waals surface area contributed by atoms with Gasteiger partial charge in [-0.2, -0.15) is 0 Å². The number of hydrogen-bond acceptors (Lipinski definition) is 5. The van der Waals surface area contributed by atoms with Crippen molar-refractivity contribution in [2.24, 2.45) is 10.2 Å². The van der Waals surface area contributed by atoms with Crippen LogP contribution in [0.1, 0.15) is 18.9 Å². The molecule has 19 heavy (non-hydrogen) atoms. The average Bonchev–Trinajstić information content (AvgIpc) is 2.40. The number of azo groups is 1. The van der Waals surface area contributed by atoms with Crippen molar-refractivity contribution in [2.45, 2.75) is 20.3 Å². The van der Waals surface area contributed by atoms with Crippen LogP contribution in [0.15, 0.2) is 39.9 Å². The maximum absolute atomic E-state index is 13.5. The van der Waals surface area contributed by atoms with Gasteiger partial charge >= 0.3 is 5.97 Å². The normalized spacial score (nSPS) is 12.4. The Kier molecular flexibility index (Phi) is 5.17. The summed E-state index contributed by atoms with van der Waals surface area (Å²) in [7, 11) is 1.16. The number of ether oxygens (including phenoxy) is 1. The Bertz CT molecular complexity index is 539. The van der Waals surface area contributed by atoms with Gasteiger partial charge in [-0.05, 0) is 24.6 Å². The number of allylic oxidation sites excluding steroid dienone is 1. The Labute approximate surface area is 110 Å². The van der Waals surface area contributed by atoms with Crippen LogP contribution >= 0.6 is 0 Å². The molecule has 0 saturated carbocycles. The van der Waals surface area contributed by atoms with Crippen LogP contribution in [-0.2, 0) is 9.53 Å². The molecule has 102 valence electrons. The lowest BCUT2D eigenvalue weighted by atomic mass is 10.2. The zero-order valence-corrected chi connectivity index (χ0v) is 11.0. The minimum Gasteiger partial charge on any atom is -0.510 e. The van der Waals surface area contributed by atoms with Gasteiger partial charge in [-0.1, -0.05) is 13.0 Å². The summed E-state index contributed by atoms with van der Waals surface area (Å²) in [6.45, 7) is 3.38. The summed E-state index contributed by atoms with van der Waals surface area (Å²) >= 11 is 0. The van der Waals surface area contributed by atoms with Crippen LogP contribution in [0.3, 0.4) is 0 Å². The lowest BCUT2D eigenvalue weighted by Crippen LogP contribution is -2.05. The number of methoxy groups -OCH3 is 1. The maximum Gasteiger partial charge on any atom is 0.362 e. The van der Waals surface area contributed by atoms with Gasteiger partial charge in [0.1, 0.15) is 11.4 Å². The average molecular weight is 266 g/mol. The van der Waals surface area contributed by atoms with Crippen molar-refractivity contribution >= 4 is 11.7 Å². The number of aliphatic hydroxyl groups excluding tert-OH is 1. The molecular weight excluding hydrogens is 251 g/mol. The second kappa shape index (κ2) is 6.63. The first-order chi connectivity index (χ1) is 8.99. The van der Waals surface area contributed by atoms with Crippen molar-refractivity contribution in [3.05, 3.63) is 41.0 Å². The molecular formula is C13H15FN2O3. The maximum atomic E-state index is 13.5. The van der Waals surface area contributed by atoms with E-state index in [0.717, 1.165) is 12.7 Å². The zero-order valence-electron chi connectivity index (χ0n) is 11.0. The van der Waals surface area contributed by atoms with Gasteiger partial charge in [-0.15, -0.1) is 10.2 Å². The Morgan fingerprint density at radius 1 is 1.47 bits per heavy atom. The van der Waals surface area contributed by atoms with Crippen LogP contribution in [0.25, 0.3) is 0 Å². The molecule has 0 unspecified atom stereocenters. The van der Waals surface area contributed by atoms with Crippen molar-refractivity contribution in [1.82, 2.24) is 0 Å². The van der Waals surface area contributed by atoms with Gasteiger partial charge in [-0.3, -0.25) is 0 Å². The van der Waals surface area contributed by atoms with Crippen molar-refractivity contribution in [3.63, 3.8) is 0 Å². The van der Waals surface area contributed by atoms with Crippen LogP contribution < -0.4 is 0 Å². The van der Waals surface area contributed by atoms with Gasteiger partial charge < -0.3 is 9.84 Å². The monoisotopic (exact) mass is 266 g/mol. The van der Waals surface area contributed by atoms with E-state index >= 15 is 0 Å². The number of benzene rings is 1. The molecule has 0 spiro atoms. The quantitative estimate of drug-likeness (QED) is 0.392. The van der Waals surface area contributed by atoms with E-state index < -0.39 is 11.8 Å². The molecule has 0 amide bonds. The van der Waals surface area contributed by atoms with E-state index in [9.17, 15) is 14.3 Å². The topological polar surface area (TPSA) is 71.2 Å². The molecule has 0 aliphatic rings. The second-order valence-corrected chi connectivity index (χ2v) is 3.80. The second-order valence-electron chi connectivity index (χ2n) is 3.80. The predicted molar refractivity (Wildman–Crippen MR) is 67.6 cm³/mol. The summed E-state index contributed by atoms with van der Waals surface area (Å²) in [5.41, 5.74) is 0.400. The van der Waals surface area contributed by atoms with Gasteiger partial charge in [0.15, 0.2) is 5.82 Å². The fourth-order valence-corrected chi connectivity index (χ4v) is 1.28. The van der Waals surface area contributed by atoms with Crippen LogP contribution in [0.5, 0.6) is 0 Å². The zero-order chi connectivity index (χ0) is 14.4. The highest BCUT2D eigenvalue weighted by Gasteiger charge is 2.14. The van der Waals surface area contributed by atoms with Crippen LogP contribution in [0, 0.1) is 12.7 Å². The molecule has 6 heteroatoms. The van der Waals surface area contributed by atoms with E-state index in [2.05, 4.69) is 15.0 Å². The first kappa shape index (κ1) is 14.8. The Morgan fingerprint density at radius 2 is 2.16 bits per heavy atom. The van der Waals surface area contributed by atoms with Gasteiger partial charge in [0.25, 0.3) is 0 Å². The number of hydrogen-bond donors (Lipinski definition) is 1. The predicted octanol–water partition coefficient (Wildman–Crippen LogP) is 3.57. The molecule has 1 aromatic rings. The van der Waals surface area contributed by atoms with E-state index in [-0.39, 0.29) is 23.6 Å². The standard InChI is InChI=1S/C13H15FN2O3/c1-4-11(17)12(13(18)19-3)16-15-10-6-5-8(2)7-9(10)14/h5-7,17H,4H2,1-3H3. The van der Waals surface area contributed by atoms with E-state index in [1.54, 1.807) is 19.9 Å². The largest absolute Gasteiger partial charge is 0.510 e. The summed E-state index contributed by atoms with van der Waals surface area (Å²) in [6, 6.07) is 4.40. The van der Waals surface area contributed by atoms with Crippen molar-refractivity contribution < 1.29 is 19.0 Å². The fourth-order valence-electron chi connectivity index (χ4n) is 1.28. The summed E-state index contributed by atoms with van der Waals surface area (Å²) < 4.78 is 18.0. The molecule has 0 radical (unpaired) electrons. The van der Waals surface area contributed by atoms with E-state index in [1.807, 2.05) is 0 Å². The van der Waals surface area contributed by atoms with Crippen LogP contribution in [0.4, 0.5) is 10.1 Å². The molecule has 5 nitrogen and oxygen atoms in total. The first-order valence-electron chi connectivity index (χ1n) is 5.67. The third kappa shape index (κ3) is 3.87. The van der Waals surface area contributed by atoms with E-state index in [4.69, 9.17) is 0 Å². The van der Waals surface area contributed by atoms with Crippen molar-refractivity contribution in [1.29, 1.82) is 0 Å². The van der Waals surface area contributed by atoms with E-state index in [0.29, 0.717) is 0 Å². The van der Waals surface area contributed by atoms with Gasteiger partial charge in [0, 0.05) is 6.42 Å². The van der Waals surface area contributed by atoms with Crippen molar-refractivity contribution in [2.75, 3.05) is 7.11 Å². The van der Waals surface area contributed by atoms with Gasteiger partial charge in [-0.25, -0.2) is 9.18 Å². The summed E-state index contributed by atoms with van der Waals surface area (Å²) in [5, 5.41) is 16.7. The lowest BCUT2D eigenvalue weighted by Gasteiger charge is -2.02. The minimum absolute atomic E-state index is 0.0177. The minimum atomic E-state index is -0.824. The number of esters is 1. The molecule has 1 rings (SSSR count). The number of aliphatic hydroxyl groups is 1. The number of nitrogens with zero attached hydrogens (tertiary/aromatic N) is 2. The SMILES string of the molecule is CCC(O)=C(N=Nc1ccc(C)cc1F)C(=O)OC. The highest BCUT2D eigenvalue weighted by Crippen LogP contribution is 2.21. The first-order valence-corrected chi connectivity index (χ1v) is 5.67. The summed E-state index contributed by atoms with van der Waals surface area (Å²) in [4.78, 5) is 11.4. The summed E-state index contributed by atoms with van der Waals surface area (Å²) in [5.74, 6) is -1.64. The van der Waals surface area contributed by atoms with E-state index in [1.165, 1.54) is 12.1 Å². The molecule has 1 N–H and O–H groups in total. The summed E-state index contributed by atoms with van der Waals surface area (Å²) in [6.07, 6.45) is 0.194. The Morgan fingerprint density at radius 3 is 2.68 bits per heavy atom. The van der Waals surface area contributed by atoms with Crippen LogP contribution in [-0.4, -0.2) is 18.2 Å².